The Labute approximate surface area is 126 Å². The van der Waals surface area contributed by atoms with E-state index in [1.165, 1.54) is 11.1 Å². The van der Waals surface area contributed by atoms with Gasteiger partial charge in [0.25, 0.3) is 0 Å². The summed E-state index contributed by atoms with van der Waals surface area (Å²) < 4.78 is 15.7. The van der Waals surface area contributed by atoms with Gasteiger partial charge >= 0.3 is 0 Å². The van der Waals surface area contributed by atoms with Gasteiger partial charge in [-0.1, -0.05) is 6.07 Å². The van der Waals surface area contributed by atoms with Gasteiger partial charge in [-0.05, 0) is 37.1 Å². The van der Waals surface area contributed by atoms with Crippen LogP contribution in [0.25, 0.3) is 0 Å². The summed E-state index contributed by atoms with van der Waals surface area (Å²) in [5, 5.41) is 0. The summed E-state index contributed by atoms with van der Waals surface area (Å²) in [7, 11) is 3.34. The summed E-state index contributed by atoms with van der Waals surface area (Å²) in [6.45, 7) is 6.05. The van der Waals surface area contributed by atoms with Gasteiger partial charge in [0.15, 0.2) is 0 Å². The van der Waals surface area contributed by atoms with Crippen molar-refractivity contribution >= 4 is 5.91 Å². The third kappa shape index (κ3) is 7.11. The molecule has 0 saturated heterocycles. The lowest BCUT2D eigenvalue weighted by Gasteiger charge is -2.17. The first-order valence-corrected chi connectivity index (χ1v) is 7.04. The maximum atomic E-state index is 11.8. The van der Waals surface area contributed by atoms with E-state index in [9.17, 15) is 4.79 Å². The summed E-state index contributed by atoms with van der Waals surface area (Å²) in [5.41, 5.74) is 2.34. The predicted octanol–water partition coefficient (Wildman–Crippen LogP) is 1.80. The average molecular weight is 295 g/mol. The molecule has 0 aromatic heterocycles. The summed E-state index contributed by atoms with van der Waals surface area (Å²) >= 11 is 0. The number of aryl methyl sites for hydroxylation is 2. The van der Waals surface area contributed by atoms with Crippen molar-refractivity contribution in [3.05, 3.63) is 29.3 Å². The molecule has 0 N–H and O–H groups in total. The Morgan fingerprint density at radius 1 is 1.10 bits per heavy atom. The third-order valence-corrected chi connectivity index (χ3v) is 2.97. The number of likely N-dealkylation sites (N-methyl/N-ethyl adjacent to an activating group) is 1. The minimum Gasteiger partial charge on any atom is -0.492 e. The maximum absolute atomic E-state index is 11.8. The molecule has 0 aliphatic carbocycles. The smallest absolute Gasteiger partial charge is 0.248 e. The van der Waals surface area contributed by atoms with Crippen LogP contribution in [0.2, 0.25) is 0 Å². The van der Waals surface area contributed by atoms with E-state index in [2.05, 4.69) is 6.07 Å². The second-order valence-corrected chi connectivity index (χ2v) is 5.03. The molecule has 1 amide bonds. The highest BCUT2D eigenvalue weighted by atomic mass is 16.5. The lowest BCUT2D eigenvalue weighted by Crippen LogP contribution is -2.34. The van der Waals surface area contributed by atoms with Gasteiger partial charge < -0.3 is 19.1 Å². The maximum Gasteiger partial charge on any atom is 0.248 e. The summed E-state index contributed by atoms with van der Waals surface area (Å²) in [5.74, 6) is 0.778. The van der Waals surface area contributed by atoms with Crippen LogP contribution in [-0.4, -0.2) is 57.9 Å². The van der Waals surface area contributed by atoms with Crippen molar-refractivity contribution in [2.24, 2.45) is 0 Å². The Kier molecular flexibility index (Phi) is 7.79. The molecule has 0 bridgehead atoms. The molecular weight excluding hydrogens is 270 g/mol. The highest BCUT2D eigenvalue weighted by molar-refractivity contribution is 5.77. The number of methoxy groups -OCH3 is 1. The van der Waals surface area contributed by atoms with Crippen molar-refractivity contribution in [3.63, 3.8) is 0 Å². The third-order valence-electron chi connectivity index (χ3n) is 2.97. The number of carbonyl (C=O) groups is 1. The van der Waals surface area contributed by atoms with Crippen LogP contribution in [0.4, 0.5) is 0 Å². The molecule has 5 nitrogen and oxygen atoms in total. The van der Waals surface area contributed by atoms with Crippen molar-refractivity contribution in [1.29, 1.82) is 0 Å². The second-order valence-electron chi connectivity index (χ2n) is 5.03. The molecule has 118 valence electrons. The van der Waals surface area contributed by atoms with E-state index in [1.807, 2.05) is 26.0 Å². The van der Waals surface area contributed by atoms with E-state index >= 15 is 0 Å². The molecule has 1 aromatic rings. The summed E-state index contributed by atoms with van der Waals surface area (Å²) in [4.78, 5) is 13.4. The number of amides is 1. The first kappa shape index (κ1) is 17.5. The van der Waals surface area contributed by atoms with Gasteiger partial charge in [-0.25, -0.2) is 0 Å². The van der Waals surface area contributed by atoms with Gasteiger partial charge in [-0.15, -0.1) is 0 Å². The number of rotatable bonds is 9. The van der Waals surface area contributed by atoms with E-state index in [1.54, 1.807) is 19.1 Å². The van der Waals surface area contributed by atoms with E-state index in [0.29, 0.717) is 26.4 Å². The number of carbonyl (C=O) groups excluding carboxylic acids is 1. The molecule has 0 radical (unpaired) electrons. The zero-order chi connectivity index (χ0) is 15.7. The van der Waals surface area contributed by atoms with Crippen LogP contribution < -0.4 is 4.74 Å². The number of ether oxygens (including phenoxy) is 3. The Morgan fingerprint density at radius 2 is 1.76 bits per heavy atom. The van der Waals surface area contributed by atoms with Gasteiger partial charge in [0, 0.05) is 14.2 Å². The monoisotopic (exact) mass is 295 g/mol. The molecule has 0 aliphatic heterocycles. The molecule has 1 aromatic carbocycles. The van der Waals surface area contributed by atoms with E-state index in [4.69, 9.17) is 14.2 Å². The van der Waals surface area contributed by atoms with Gasteiger partial charge in [0.05, 0.1) is 19.8 Å². The van der Waals surface area contributed by atoms with Crippen molar-refractivity contribution in [1.82, 2.24) is 4.90 Å². The highest BCUT2D eigenvalue weighted by Crippen LogP contribution is 2.15. The number of nitrogens with zero attached hydrogens (tertiary/aromatic N) is 1. The summed E-state index contributed by atoms with van der Waals surface area (Å²) in [6, 6.07) is 6.07. The topological polar surface area (TPSA) is 48.0 Å². The van der Waals surface area contributed by atoms with Gasteiger partial charge in [0.2, 0.25) is 5.91 Å². The van der Waals surface area contributed by atoms with Crippen molar-refractivity contribution in [2.75, 3.05) is 47.1 Å². The molecule has 0 heterocycles. The standard InChI is InChI=1S/C16H25NO4/c1-13-9-14(2)11-15(10-13)21-6-5-17(3)16(18)12-20-8-7-19-4/h9-11H,5-8,12H2,1-4H3. The Balaban J connectivity index is 2.26. The van der Waals surface area contributed by atoms with Gasteiger partial charge in [-0.3, -0.25) is 4.79 Å². The van der Waals surface area contributed by atoms with Crippen molar-refractivity contribution in [2.45, 2.75) is 13.8 Å². The number of benzene rings is 1. The molecule has 5 heteroatoms. The highest BCUT2D eigenvalue weighted by Gasteiger charge is 2.08. The first-order valence-electron chi connectivity index (χ1n) is 7.04. The molecule has 0 unspecified atom stereocenters. The fourth-order valence-electron chi connectivity index (χ4n) is 1.85. The molecular formula is C16H25NO4. The number of hydrogen-bond donors (Lipinski definition) is 0. The quantitative estimate of drug-likeness (QED) is 0.652. The summed E-state index contributed by atoms with van der Waals surface area (Å²) in [6.07, 6.45) is 0. The fourth-order valence-corrected chi connectivity index (χ4v) is 1.85. The largest absolute Gasteiger partial charge is 0.492 e. The molecule has 0 fully saturated rings. The molecule has 0 spiro atoms. The van der Waals surface area contributed by atoms with Crippen molar-refractivity contribution in [3.8, 4) is 5.75 Å². The van der Waals surface area contributed by atoms with Crippen LogP contribution in [0, 0.1) is 13.8 Å². The Morgan fingerprint density at radius 3 is 2.38 bits per heavy atom. The minimum absolute atomic E-state index is 0.0601. The molecule has 1 rings (SSSR count). The van der Waals surface area contributed by atoms with E-state index in [0.717, 1.165) is 5.75 Å². The van der Waals surface area contributed by atoms with Crippen LogP contribution in [-0.2, 0) is 14.3 Å². The average Bonchev–Trinajstić information content (AvgIpc) is 2.42. The van der Waals surface area contributed by atoms with Crippen LogP contribution in [0.15, 0.2) is 18.2 Å². The van der Waals surface area contributed by atoms with E-state index < -0.39 is 0 Å². The van der Waals surface area contributed by atoms with Crippen LogP contribution in [0.1, 0.15) is 11.1 Å². The van der Waals surface area contributed by atoms with Gasteiger partial charge in [0.1, 0.15) is 19.0 Å². The van der Waals surface area contributed by atoms with Gasteiger partial charge in [-0.2, -0.15) is 0 Å². The predicted molar refractivity (Wildman–Crippen MR) is 81.7 cm³/mol. The van der Waals surface area contributed by atoms with Crippen LogP contribution in [0.5, 0.6) is 5.75 Å². The minimum atomic E-state index is -0.0601. The first-order chi connectivity index (χ1) is 10.0. The zero-order valence-corrected chi connectivity index (χ0v) is 13.3. The molecule has 21 heavy (non-hydrogen) atoms. The fraction of sp³-hybridized carbons (Fsp3) is 0.562. The Bertz CT molecular complexity index is 428. The lowest BCUT2D eigenvalue weighted by molar-refractivity contribution is -0.135. The molecule has 0 aliphatic rings. The zero-order valence-electron chi connectivity index (χ0n) is 13.3. The lowest BCUT2D eigenvalue weighted by atomic mass is 10.1. The van der Waals surface area contributed by atoms with Crippen molar-refractivity contribution < 1.29 is 19.0 Å². The van der Waals surface area contributed by atoms with E-state index in [-0.39, 0.29) is 12.5 Å². The molecule has 0 atom stereocenters. The normalized spacial score (nSPS) is 10.5. The Hall–Kier alpha value is -1.59. The van der Waals surface area contributed by atoms with Crippen LogP contribution >= 0.6 is 0 Å². The SMILES string of the molecule is COCCOCC(=O)N(C)CCOc1cc(C)cc(C)c1. The van der Waals surface area contributed by atoms with Crippen LogP contribution in [0.3, 0.4) is 0 Å². The molecule has 0 saturated carbocycles. The number of hydrogen-bond acceptors (Lipinski definition) is 4. The second kappa shape index (κ2) is 9.37.